The third-order valence-corrected chi connectivity index (χ3v) is 7.51. The second kappa shape index (κ2) is 8.39. The molecule has 150 valence electrons. The first-order chi connectivity index (χ1) is 13.5. The van der Waals surface area contributed by atoms with Gasteiger partial charge in [-0.1, -0.05) is 18.7 Å². The van der Waals surface area contributed by atoms with Crippen molar-refractivity contribution in [3.05, 3.63) is 33.8 Å². The minimum atomic E-state index is 0.288. The highest BCUT2D eigenvalue weighted by molar-refractivity contribution is 7.98. The number of aromatic nitrogens is 4. The van der Waals surface area contributed by atoms with Gasteiger partial charge in [0.05, 0.1) is 29.0 Å². The largest absolute Gasteiger partial charge is 0.419 e. The minimum Gasteiger partial charge on any atom is -0.419 e. The predicted octanol–water partition coefficient (Wildman–Crippen LogP) is 4.95. The maximum atomic E-state index is 5.92. The standard InChI is InChI=1S/C20H26N4O2S2/c1-5-16-12(2)9-17(28-16)19-23-22-18(26-19)11-27-20-21-13(3)14(4)24(20)10-15-7-6-8-25-15/h9,15H,5-8,10-11H2,1-4H3. The second-order valence-electron chi connectivity index (χ2n) is 7.17. The van der Waals surface area contributed by atoms with Crippen LogP contribution in [0.15, 0.2) is 15.6 Å². The Kier molecular flexibility index (Phi) is 5.89. The molecule has 1 atom stereocenters. The zero-order valence-electron chi connectivity index (χ0n) is 16.8. The van der Waals surface area contributed by atoms with Gasteiger partial charge in [-0.15, -0.1) is 21.5 Å². The van der Waals surface area contributed by atoms with Crippen LogP contribution < -0.4 is 0 Å². The molecule has 1 saturated heterocycles. The third-order valence-electron chi connectivity index (χ3n) is 5.18. The van der Waals surface area contributed by atoms with Crippen molar-refractivity contribution in [1.29, 1.82) is 0 Å². The van der Waals surface area contributed by atoms with Gasteiger partial charge in [0, 0.05) is 17.2 Å². The summed E-state index contributed by atoms with van der Waals surface area (Å²) in [5.74, 6) is 1.85. The van der Waals surface area contributed by atoms with Crippen molar-refractivity contribution in [3.8, 4) is 10.8 Å². The molecule has 8 heteroatoms. The predicted molar refractivity (Wildman–Crippen MR) is 112 cm³/mol. The molecular formula is C20H26N4O2S2. The summed E-state index contributed by atoms with van der Waals surface area (Å²) < 4.78 is 14.0. The fraction of sp³-hybridized carbons (Fsp3) is 0.550. The number of rotatable bonds is 7. The van der Waals surface area contributed by atoms with E-state index in [1.54, 1.807) is 23.1 Å². The molecule has 0 saturated carbocycles. The van der Waals surface area contributed by atoms with Crippen LogP contribution in [0.5, 0.6) is 0 Å². The van der Waals surface area contributed by atoms with Crippen LogP contribution in [-0.2, 0) is 23.5 Å². The van der Waals surface area contributed by atoms with Crippen molar-refractivity contribution < 1.29 is 9.15 Å². The molecule has 4 heterocycles. The lowest BCUT2D eigenvalue weighted by Crippen LogP contribution is -2.16. The average molecular weight is 419 g/mol. The Balaban J connectivity index is 1.46. The first-order valence-electron chi connectivity index (χ1n) is 9.75. The van der Waals surface area contributed by atoms with Crippen molar-refractivity contribution >= 4 is 23.1 Å². The summed E-state index contributed by atoms with van der Waals surface area (Å²) in [6.45, 7) is 10.2. The lowest BCUT2D eigenvalue weighted by atomic mass is 10.2. The molecule has 1 unspecified atom stereocenters. The molecule has 1 fully saturated rings. The third kappa shape index (κ3) is 4.04. The minimum absolute atomic E-state index is 0.288. The lowest BCUT2D eigenvalue weighted by Gasteiger charge is -2.14. The molecule has 6 nitrogen and oxygen atoms in total. The van der Waals surface area contributed by atoms with Crippen LogP contribution >= 0.6 is 23.1 Å². The van der Waals surface area contributed by atoms with Gasteiger partial charge >= 0.3 is 0 Å². The monoisotopic (exact) mass is 418 g/mol. The van der Waals surface area contributed by atoms with Crippen LogP contribution in [0.3, 0.4) is 0 Å². The quantitative estimate of drug-likeness (QED) is 0.506. The topological polar surface area (TPSA) is 66.0 Å². The van der Waals surface area contributed by atoms with Crippen molar-refractivity contribution in [3.63, 3.8) is 0 Å². The van der Waals surface area contributed by atoms with E-state index >= 15 is 0 Å². The Bertz CT molecular complexity index is 954. The first kappa shape index (κ1) is 19.7. The van der Waals surface area contributed by atoms with Crippen LogP contribution in [0.25, 0.3) is 10.8 Å². The molecule has 0 aromatic carbocycles. The summed E-state index contributed by atoms with van der Waals surface area (Å²) in [6.07, 6.45) is 3.58. The fourth-order valence-electron chi connectivity index (χ4n) is 3.45. The highest BCUT2D eigenvalue weighted by atomic mass is 32.2. The Hall–Kier alpha value is -1.64. The molecule has 3 aromatic rings. The van der Waals surface area contributed by atoms with Gasteiger partial charge in [0.1, 0.15) is 0 Å². The van der Waals surface area contributed by atoms with Crippen LogP contribution in [0.1, 0.15) is 47.5 Å². The van der Waals surface area contributed by atoms with Gasteiger partial charge < -0.3 is 13.7 Å². The Morgan fingerprint density at radius 2 is 2.14 bits per heavy atom. The van der Waals surface area contributed by atoms with Gasteiger partial charge in [0.25, 0.3) is 5.89 Å². The Morgan fingerprint density at radius 3 is 2.86 bits per heavy atom. The van der Waals surface area contributed by atoms with Gasteiger partial charge in [-0.3, -0.25) is 0 Å². The van der Waals surface area contributed by atoms with Crippen LogP contribution in [0.4, 0.5) is 0 Å². The van der Waals surface area contributed by atoms with Gasteiger partial charge in [-0.05, 0) is 51.7 Å². The van der Waals surface area contributed by atoms with E-state index in [2.05, 4.69) is 48.5 Å². The van der Waals surface area contributed by atoms with Gasteiger partial charge in [0.2, 0.25) is 5.89 Å². The number of hydrogen-bond donors (Lipinski definition) is 0. The van der Waals surface area contributed by atoms with Crippen molar-refractivity contribution in [2.75, 3.05) is 6.61 Å². The number of thioether (sulfide) groups is 1. The molecule has 0 spiro atoms. The van der Waals surface area contributed by atoms with E-state index in [1.165, 1.54) is 16.1 Å². The molecule has 0 aliphatic carbocycles. The van der Waals surface area contributed by atoms with Crippen molar-refractivity contribution in [1.82, 2.24) is 19.7 Å². The summed E-state index contributed by atoms with van der Waals surface area (Å²) in [7, 11) is 0. The zero-order valence-corrected chi connectivity index (χ0v) is 18.5. The van der Waals surface area contributed by atoms with E-state index in [0.29, 0.717) is 17.5 Å². The second-order valence-corrected chi connectivity index (χ2v) is 9.25. The van der Waals surface area contributed by atoms with Crippen molar-refractivity contribution in [2.24, 2.45) is 0 Å². The number of thiophene rings is 1. The fourth-order valence-corrected chi connectivity index (χ4v) is 5.43. The Labute approximate surface area is 173 Å². The molecule has 0 radical (unpaired) electrons. The number of ether oxygens (including phenoxy) is 1. The van der Waals surface area contributed by atoms with E-state index in [-0.39, 0.29) is 6.10 Å². The molecule has 0 bridgehead atoms. The number of imidazole rings is 1. The number of aryl methyl sites for hydroxylation is 3. The van der Waals surface area contributed by atoms with E-state index in [0.717, 1.165) is 48.1 Å². The molecule has 0 N–H and O–H groups in total. The number of nitrogens with zero attached hydrogens (tertiary/aromatic N) is 4. The SMILES string of the molecule is CCc1sc(-c2nnc(CSc3nc(C)c(C)n3CC3CCCO3)o2)cc1C. The average Bonchev–Trinajstić information content (AvgIpc) is 3.45. The summed E-state index contributed by atoms with van der Waals surface area (Å²) in [4.78, 5) is 7.15. The molecule has 3 aromatic heterocycles. The van der Waals surface area contributed by atoms with Gasteiger partial charge in [-0.2, -0.15) is 0 Å². The summed E-state index contributed by atoms with van der Waals surface area (Å²) >= 11 is 3.38. The van der Waals surface area contributed by atoms with E-state index in [4.69, 9.17) is 14.1 Å². The summed E-state index contributed by atoms with van der Waals surface area (Å²) in [5.41, 5.74) is 3.55. The smallest absolute Gasteiger partial charge is 0.257 e. The first-order valence-corrected chi connectivity index (χ1v) is 11.6. The van der Waals surface area contributed by atoms with Gasteiger partial charge in [0.15, 0.2) is 5.16 Å². The van der Waals surface area contributed by atoms with Crippen LogP contribution in [-0.4, -0.2) is 32.5 Å². The number of hydrogen-bond acceptors (Lipinski definition) is 7. The molecule has 0 amide bonds. The lowest BCUT2D eigenvalue weighted by molar-refractivity contribution is 0.0945. The molecule has 4 rings (SSSR count). The van der Waals surface area contributed by atoms with Crippen LogP contribution in [0.2, 0.25) is 0 Å². The zero-order chi connectivity index (χ0) is 19.7. The van der Waals surface area contributed by atoms with Gasteiger partial charge in [-0.25, -0.2) is 4.98 Å². The molecular weight excluding hydrogens is 392 g/mol. The van der Waals surface area contributed by atoms with Crippen LogP contribution in [0, 0.1) is 20.8 Å². The highest BCUT2D eigenvalue weighted by Crippen LogP contribution is 2.32. The summed E-state index contributed by atoms with van der Waals surface area (Å²) in [6, 6.07) is 2.13. The van der Waals surface area contributed by atoms with E-state index in [9.17, 15) is 0 Å². The maximum absolute atomic E-state index is 5.92. The van der Waals surface area contributed by atoms with Crippen molar-refractivity contribution in [2.45, 2.75) is 70.5 Å². The molecule has 1 aliphatic heterocycles. The maximum Gasteiger partial charge on any atom is 0.257 e. The molecule has 1 aliphatic rings. The normalized spacial score (nSPS) is 16.9. The van der Waals surface area contributed by atoms with E-state index < -0.39 is 0 Å². The Morgan fingerprint density at radius 1 is 1.29 bits per heavy atom. The molecule has 28 heavy (non-hydrogen) atoms. The summed E-state index contributed by atoms with van der Waals surface area (Å²) in [5, 5.41) is 9.48. The highest BCUT2D eigenvalue weighted by Gasteiger charge is 2.21. The van der Waals surface area contributed by atoms with E-state index in [1.807, 2.05) is 0 Å².